The van der Waals surface area contributed by atoms with Crippen LogP contribution in [0.2, 0.25) is 0 Å². The molecule has 0 aliphatic rings. The van der Waals surface area contributed by atoms with Crippen molar-refractivity contribution in [3.8, 4) is 0 Å². The van der Waals surface area contributed by atoms with Crippen molar-refractivity contribution in [3.63, 3.8) is 0 Å². The lowest BCUT2D eigenvalue weighted by Gasteiger charge is -2.30. The first-order valence-corrected chi connectivity index (χ1v) is 15.6. The SMILES string of the molecule is c1ccc(Sc2ccccc2N(c2ccccc2Sc2ccccc2)c2ccccc2Sc2ccccc2)cc1. The maximum atomic E-state index is 2.43. The number of hydrogen-bond acceptors (Lipinski definition) is 4. The van der Waals surface area contributed by atoms with Crippen LogP contribution >= 0.6 is 35.3 Å². The number of hydrogen-bond donors (Lipinski definition) is 0. The second kappa shape index (κ2) is 13.0. The molecular weight excluding hydrogens is 543 g/mol. The average molecular weight is 570 g/mol. The maximum Gasteiger partial charge on any atom is 0.0602 e. The fraction of sp³-hybridized carbons (Fsp3) is 0. The van der Waals surface area contributed by atoms with Crippen molar-refractivity contribution in [2.24, 2.45) is 0 Å². The molecule has 1 nitrogen and oxygen atoms in total. The van der Waals surface area contributed by atoms with Gasteiger partial charge in [0.2, 0.25) is 0 Å². The normalized spacial score (nSPS) is 10.8. The second-order valence-electron chi connectivity index (χ2n) is 8.98. The van der Waals surface area contributed by atoms with E-state index in [1.54, 1.807) is 35.3 Å². The minimum Gasteiger partial charge on any atom is -0.307 e. The van der Waals surface area contributed by atoms with Gasteiger partial charge in [-0.25, -0.2) is 0 Å². The van der Waals surface area contributed by atoms with Crippen molar-refractivity contribution >= 4 is 52.3 Å². The molecule has 6 rings (SSSR count). The van der Waals surface area contributed by atoms with Crippen LogP contribution in [0.25, 0.3) is 0 Å². The van der Waals surface area contributed by atoms with Gasteiger partial charge in [0.15, 0.2) is 0 Å². The number of benzene rings is 6. The average Bonchev–Trinajstić information content (AvgIpc) is 3.01. The summed E-state index contributed by atoms with van der Waals surface area (Å²) in [6.45, 7) is 0. The van der Waals surface area contributed by atoms with E-state index in [0.29, 0.717) is 0 Å². The zero-order valence-electron chi connectivity index (χ0n) is 21.8. The topological polar surface area (TPSA) is 3.24 Å². The Hall–Kier alpha value is -3.83. The Balaban J connectivity index is 1.52. The lowest BCUT2D eigenvalue weighted by atomic mass is 10.2. The Morgan fingerprint density at radius 2 is 0.525 bits per heavy atom. The maximum absolute atomic E-state index is 2.43. The Labute approximate surface area is 249 Å². The highest BCUT2D eigenvalue weighted by atomic mass is 32.2. The van der Waals surface area contributed by atoms with Crippen LogP contribution in [0.1, 0.15) is 0 Å². The van der Waals surface area contributed by atoms with Crippen molar-refractivity contribution in [2.45, 2.75) is 29.4 Å². The van der Waals surface area contributed by atoms with Gasteiger partial charge in [-0.2, -0.15) is 0 Å². The molecule has 0 N–H and O–H groups in total. The number of para-hydroxylation sites is 3. The van der Waals surface area contributed by atoms with Gasteiger partial charge in [-0.15, -0.1) is 0 Å². The highest BCUT2D eigenvalue weighted by molar-refractivity contribution is 8.00. The summed E-state index contributed by atoms with van der Waals surface area (Å²) in [7, 11) is 0. The molecule has 0 saturated carbocycles. The van der Waals surface area contributed by atoms with E-state index < -0.39 is 0 Å². The Morgan fingerprint density at radius 1 is 0.275 bits per heavy atom. The van der Waals surface area contributed by atoms with E-state index in [-0.39, 0.29) is 0 Å². The molecule has 6 aromatic rings. The van der Waals surface area contributed by atoms with Crippen LogP contribution in [0.5, 0.6) is 0 Å². The second-order valence-corrected chi connectivity index (χ2v) is 12.3. The molecule has 0 spiro atoms. The van der Waals surface area contributed by atoms with Crippen LogP contribution in [-0.2, 0) is 0 Å². The summed E-state index contributed by atoms with van der Waals surface area (Å²) in [5.74, 6) is 0. The van der Waals surface area contributed by atoms with E-state index in [9.17, 15) is 0 Å². The molecule has 0 fully saturated rings. The first-order chi connectivity index (χ1) is 19.8. The molecular formula is C36H27NS3. The van der Waals surface area contributed by atoms with Gasteiger partial charge in [-0.3, -0.25) is 0 Å². The summed E-state index contributed by atoms with van der Waals surface area (Å²) >= 11 is 5.39. The third kappa shape index (κ3) is 6.31. The van der Waals surface area contributed by atoms with Gasteiger partial charge >= 0.3 is 0 Å². The Kier molecular flexibility index (Phi) is 8.59. The van der Waals surface area contributed by atoms with Crippen molar-refractivity contribution in [1.29, 1.82) is 0 Å². The van der Waals surface area contributed by atoms with Gasteiger partial charge in [0.1, 0.15) is 0 Å². The molecule has 194 valence electrons. The van der Waals surface area contributed by atoms with Gasteiger partial charge in [0, 0.05) is 29.4 Å². The zero-order valence-corrected chi connectivity index (χ0v) is 24.2. The Morgan fingerprint density at radius 3 is 0.825 bits per heavy atom. The van der Waals surface area contributed by atoms with Gasteiger partial charge in [-0.1, -0.05) is 126 Å². The predicted molar refractivity (Wildman–Crippen MR) is 173 cm³/mol. The van der Waals surface area contributed by atoms with E-state index in [1.165, 1.54) is 29.4 Å². The third-order valence-corrected chi connectivity index (χ3v) is 9.45. The molecule has 0 unspecified atom stereocenters. The molecule has 0 bridgehead atoms. The molecule has 4 heteroatoms. The summed E-state index contributed by atoms with van der Waals surface area (Å²) in [5, 5.41) is 0. The zero-order chi connectivity index (χ0) is 27.0. The molecule has 0 heterocycles. The first-order valence-electron chi connectivity index (χ1n) is 13.1. The summed E-state index contributed by atoms with van der Waals surface area (Å²) in [6, 6.07) is 58.0. The Bertz CT molecular complexity index is 1470. The van der Waals surface area contributed by atoms with E-state index in [2.05, 4.69) is 169 Å². The van der Waals surface area contributed by atoms with Crippen LogP contribution in [0.4, 0.5) is 17.1 Å². The molecule has 0 aromatic heterocycles. The highest BCUT2D eigenvalue weighted by Gasteiger charge is 2.22. The third-order valence-electron chi connectivity index (χ3n) is 6.23. The lowest BCUT2D eigenvalue weighted by Crippen LogP contribution is -2.13. The van der Waals surface area contributed by atoms with Crippen molar-refractivity contribution in [3.05, 3.63) is 164 Å². The number of nitrogens with zero attached hydrogens (tertiary/aromatic N) is 1. The quantitative estimate of drug-likeness (QED) is 0.170. The molecule has 6 aromatic carbocycles. The number of rotatable bonds is 9. The largest absolute Gasteiger partial charge is 0.307 e. The van der Waals surface area contributed by atoms with E-state index >= 15 is 0 Å². The van der Waals surface area contributed by atoms with Crippen LogP contribution in [0.3, 0.4) is 0 Å². The molecule has 40 heavy (non-hydrogen) atoms. The molecule has 0 aliphatic carbocycles. The molecule has 0 atom stereocenters. The van der Waals surface area contributed by atoms with Crippen LogP contribution in [0, 0.1) is 0 Å². The first kappa shape index (κ1) is 26.4. The van der Waals surface area contributed by atoms with Gasteiger partial charge in [-0.05, 0) is 72.8 Å². The monoisotopic (exact) mass is 569 g/mol. The van der Waals surface area contributed by atoms with E-state index in [0.717, 1.165) is 17.1 Å². The summed E-state index contributed by atoms with van der Waals surface area (Å²) in [6.07, 6.45) is 0. The van der Waals surface area contributed by atoms with Gasteiger partial charge < -0.3 is 4.90 Å². The summed E-state index contributed by atoms with van der Waals surface area (Å²) in [4.78, 5) is 9.69. The highest BCUT2D eigenvalue weighted by Crippen LogP contribution is 2.49. The van der Waals surface area contributed by atoms with Crippen molar-refractivity contribution in [2.75, 3.05) is 4.90 Å². The molecule has 0 aliphatic heterocycles. The molecule has 0 saturated heterocycles. The van der Waals surface area contributed by atoms with Crippen molar-refractivity contribution in [1.82, 2.24) is 0 Å². The van der Waals surface area contributed by atoms with E-state index in [4.69, 9.17) is 0 Å². The fourth-order valence-corrected chi connectivity index (χ4v) is 7.29. The minimum atomic E-state index is 1.15. The van der Waals surface area contributed by atoms with Crippen LogP contribution < -0.4 is 4.90 Å². The smallest absolute Gasteiger partial charge is 0.0602 e. The van der Waals surface area contributed by atoms with E-state index in [1.807, 2.05) is 0 Å². The molecule has 0 amide bonds. The fourth-order valence-electron chi connectivity index (χ4n) is 4.42. The van der Waals surface area contributed by atoms with Crippen LogP contribution in [0.15, 0.2) is 193 Å². The summed E-state index contributed by atoms with van der Waals surface area (Å²) in [5.41, 5.74) is 3.45. The van der Waals surface area contributed by atoms with Gasteiger partial charge in [0.05, 0.1) is 17.1 Å². The number of anilines is 3. The van der Waals surface area contributed by atoms with Crippen molar-refractivity contribution < 1.29 is 0 Å². The lowest BCUT2D eigenvalue weighted by molar-refractivity contribution is 1.16. The summed E-state index contributed by atoms with van der Waals surface area (Å²) < 4.78 is 0. The predicted octanol–water partition coefficient (Wildman–Crippen LogP) is 11.6. The van der Waals surface area contributed by atoms with Crippen LogP contribution in [-0.4, -0.2) is 0 Å². The van der Waals surface area contributed by atoms with Gasteiger partial charge in [0.25, 0.3) is 0 Å². The standard InChI is InChI=1S/C36H27NS3/c1-4-16-28(17-5-1)38-34-25-13-10-22-31(34)37(32-23-11-14-26-35(32)39-29-18-6-2-7-19-29)33-24-12-15-27-36(33)40-30-20-8-3-9-21-30/h1-27H. The molecule has 0 radical (unpaired) electrons. The minimum absolute atomic E-state index is 1.15.